The molecular formula is C21H17N3O5S. The Morgan fingerprint density at radius 2 is 1.80 bits per heavy atom. The molecule has 0 fully saturated rings. The van der Waals surface area contributed by atoms with E-state index in [9.17, 15) is 4.79 Å². The van der Waals surface area contributed by atoms with Gasteiger partial charge in [0.05, 0.1) is 23.9 Å². The largest absolute Gasteiger partial charge is 0.497 e. The van der Waals surface area contributed by atoms with E-state index in [0.717, 1.165) is 17.0 Å². The number of rotatable bonds is 8. The van der Waals surface area contributed by atoms with Crippen molar-refractivity contribution in [3.05, 3.63) is 76.6 Å². The van der Waals surface area contributed by atoms with Crippen LogP contribution in [0.15, 0.2) is 63.9 Å². The van der Waals surface area contributed by atoms with E-state index in [4.69, 9.17) is 18.7 Å². The van der Waals surface area contributed by atoms with Crippen LogP contribution in [0.1, 0.15) is 21.9 Å². The first-order valence-electron chi connectivity index (χ1n) is 8.95. The number of carbonyl (C=O) groups is 1. The highest BCUT2D eigenvalue weighted by molar-refractivity contribution is 7.07. The van der Waals surface area contributed by atoms with Crippen molar-refractivity contribution in [3.8, 4) is 22.9 Å². The van der Waals surface area contributed by atoms with Gasteiger partial charge < -0.3 is 18.7 Å². The van der Waals surface area contributed by atoms with Crippen molar-refractivity contribution in [1.29, 1.82) is 0 Å². The zero-order valence-corrected chi connectivity index (χ0v) is 16.8. The lowest BCUT2D eigenvalue weighted by atomic mass is 10.2. The summed E-state index contributed by atoms with van der Waals surface area (Å²) in [5.41, 5.74) is 3.77. The molecule has 30 heavy (non-hydrogen) atoms. The lowest BCUT2D eigenvalue weighted by Gasteiger charge is -2.06. The predicted molar refractivity (Wildman–Crippen MR) is 108 cm³/mol. The van der Waals surface area contributed by atoms with E-state index in [1.807, 2.05) is 17.5 Å². The number of aromatic nitrogens is 3. The SMILES string of the molecule is COc1ccc(-c2noc(COC(=O)c3ccc(OCc4cscn4)cc3)n2)cc1. The summed E-state index contributed by atoms with van der Waals surface area (Å²) in [7, 11) is 1.60. The molecule has 0 spiro atoms. The fourth-order valence-corrected chi connectivity index (χ4v) is 3.08. The monoisotopic (exact) mass is 423 g/mol. The number of methoxy groups -OCH3 is 1. The van der Waals surface area contributed by atoms with E-state index in [1.165, 1.54) is 11.3 Å². The minimum absolute atomic E-state index is 0.121. The molecule has 2 aromatic heterocycles. The van der Waals surface area contributed by atoms with Gasteiger partial charge in [-0.25, -0.2) is 9.78 Å². The molecule has 2 aromatic carbocycles. The van der Waals surface area contributed by atoms with Crippen LogP contribution >= 0.6 is 11.3 Å². The van der Waals surface area contributed by atoms with Crippen LogP contribution in [0.5, 0.6) is 11.5 Å². The molecule has 0 N–H and O–H groups in total. The lowest BCUT2D eigenvalue weighted by molar-refractivity contribution is 0.0430. The van der Waals surface area contributed by atoms with Crippen LogP contribution in [0.4, 0.5) is 0 Å². The summed E-state index contributed by atoms with van der Waals surface area (Å²) in [6.07, 6.45) is 0. The molecule has 0 aliphatic rings. The van der Waals surface area contributed by atoms with Crippen molar-refractivity contribution < 1.29 is 23.5 Å². The highest BCUT2D eigenvalue weighted by Crippen LogP contribution is 2.20. The predicted octanol–water partition coefficient (Wildman–Crippen LogP) is 4.14. The molecule has 0 saturated carbocycles. The molecule has 2 heterocycles. The number of nitrogens with zero attached hydrogens (tertiary/aromatic N) is 3. The average molecular weight is 423 g/mol. The zero-order valence-electron chi connectivity index (χ0n) is 16.0. The summed E-state index contributed by atoms with van der Waals surface area (Å²) >= 11 is 1.51. The highest BCUT2D eigenvalue weighted by Gasteiger charge is 2.13. The van der Waals surface area contributed by atoms with Gasteiger partial charge in [0.2, 0.25) is 5.82 Å². The van der Waals surface area contributed by atoms with Gasteiger partial charge in [0.15, 0.2) is 6.61 Å². The number of esters is 1. The third-order valence-corrected chi connectivity index (χ3v) is 4.74. The molecule has 0 unspecified atom stereocenters. The molecule has 0 aliphatic carbocycles. The summed E-state index contributed by atoms with van der Waals surface area (Å²) in [6, 6.07) is 13.9. The molecule has 8 nitrogen and oxygen atoms in total. The molecule has 9 heteroatoms. The molecule has 4 aromatic rings. The van der Waals surface area contributed by atoms with Gasteiger partial charge in [-0.05, 0) is 48.5 Å². The Labute approximate surface area is 176 Å². The van der Waals surface area contributed by atoms with E-state index in [-0.39, 0.29) is 12.5 Å². The summed E-state index contributed by atoms with van der Waals surface area (Å²) < 4.78 is 21.2. The summed E-state index contributed by atoms with van der Waals surface area (Å²) in [6.45, 7) is 0.255. The third kappa shape index (κ3) is 4.81. The quantitative estimate of drug-likeness (QED) is 0.390. The molecule has 0 bridgehead atoms. The van der Waals surface area contributed by atoms with E-state index < -0.39 is 5.97 Å². The maximum atomic E-state index is 12.2. The smallest absolute Gasteiger partial charge is 0.338 e. The first kappa shape index (κ1) is 19.6. The average Bonchev–Trinajstić information content (AvgIpc) is 3.49. The number of thiazole rings is 1. The minimum atomic E-state index is -0.495. The summed E-state index contributed by atoms with van der Waals surface area (Å²) in [5.74, 6) is 1.49. The fraction of sp³-hybridized carbons (Fsp3) is 0.143. The Morgan fingerprint density at radius 1 is 1.03 bits per heavy atom. The van der Waals surface area contributed by atoms with Gasteiger partial charge in [-0.1, -0.05) is 5.16 Å². The molecule has 0 aliphatic heterocycles. The zero-order chi connectivity index (χ0) is 20.8. The van der Waals surface area contributed by atoms with Crippen molar-refractivity contribution in [2.75, 3.05) is 7.11 Å². The van der Waals surface area contributed by atoms with Crippen LogP contribution in [-0.2, 0) is 18.0 Å². The van der Waals surface area contributed by atoms with Crippen molar-refractivity contribution in [1.82, 2.24) is 15.1 Å². The second-order valence-corrected chi connectivity index (χ2v) is 6.83. The van der Waals surface area contributed by atoms with E-state index in [0.29, 0.717) is 23.7 Å². The van der Waals surface area contributed by atoms with Gasteiger partial charge in [0.1, 0.15) is 18.1 Å². The van der Waals surface area contributed by atoms with Gasteiger partial charge in [0, 0.05) is 10.9 Å². The number of benzene rings is 2. The van der Waals surface area contributed by atoms with E-state index in [2.05, 4.69) is 15.1 Å². The van der Waals surface area contributed by atoms with Gasteiger partial charge >= 0.3 is 5.97 Å². The lowest BCUT2D eigenvalue weighted by Crippen LogP contribution is -2.05. The molecule has 4 rings (SSSR count). The van der Waals surface area contributed by atoms with Gasteiger partial charge in [-0.15, -0.1) is 11.3 Å². The Bertz CT molecular complexity index is 1090. The third-order valence-electron chi connectivity index (χ3n) is 4.10. The maximum absolute atomic E-state index is 12.2. The van der Waals surface area contributed by atoms with Crippen molar-refractivity contribution in [2.24, 2.45) is 0 Å². The van der Waals surface area contributed by atoms with Crippen LogP contribution in [0, 0.1) is 0 Å². The number of ether oxygens (including phenoxy) is 3. The van der Waals surface area contributed by atoms with Gasteiger partial charge in [-0.2, -0.15) is 4.98 Å². The number of hydrogen-bond donors (Lipinski definition) is 0. The van der Waals surface area contributed by atoms with Crippen LogP contribution in [0.3, 0.4) is 0 Å². The molecule has 0 amide bonds. The number of carbonyl (C=O) groups excluding carboxylic acids is 1. The second-order valence-electron chi connectivity index (χ2n) is 6.11. The molecule has 0 saturated heterocycles. The van der Waals surface area contributed by atoms with Gasteiger partial charge in [-0.3, -0.25) is 0 Å². The minimum Gasteiger partial charge on any atom is -0.497 e. The van der Waals surface area contributed by atoms with Crippen LogP contribution in [0.2, 0.25) is 0 Å². The molecule has 0 radical (unpaired) electrons. The summed E-state index contributed by atoms with van der Waals surface area (Å²) in [4.78, 5) is 20.6. The second kappa shape index (κ2) is 9.19. The topological polar surface area (TPSA) is 96.6 Å². The van der Waals surface area contributed by atoms with Crippen molar-refractivity contribution in [3.63, 3.8) is 0 Å². The van der Waals surface area contributed by atoms with Crippen LogP contribution < -0.4 is 9.47 Å². The molecule has 152 valence electrons. The van der Waals surface area contributed by atoms with E-state index >= 15 is 0 Å². The Hall–Kier alpha value is -3.72. The van der Waals surface area contributed by atoms with Gasteiger partial charge in [0.25, 0.3) is 5.89 Å². The Balaban J connectivity index is 1.30. The van der Waals surface area contributed by atoms with E-state index in [1.54, 1.807) is 49.0 Å². The normalized spacial score (nSPS) is 10.6. The number of hydrogen-bond acceptors (Lipinski definition) is 9. The van der Waals surface area contributed by atoms with Crippen LogP contribution in [0.25, 0.3) is 11.4 Å². The van der Waals surface area contributed by atoms with Crippen LogP contribution in [-0.4, -0.2) is 28.2 Å². The fourth-order valence-electron chi connectivity index (χ4n) is 2.53. The standard InChI is InChI=1S/C21H17N3O5S/c1-26-17-6-2-14(3-7-17)20-23-19(29-24-20)11-28-21(25)15-4-8-18(9-5-15)27-10-16-12-30-13-22-16/h2-9,12-13H,10-11H2,1H3. The van der Waals surface area contributed by atoms with Crippen molar-refractivity contribution in [2.45, 2.75) is 13.2 Å². The first-order valence-corrected chi connectivity index (χ1v) is 9.89. The van der Waals surface area contributed by atoms with Crippen molar-refractivity contribution >= 4 is 17.3 Å². The molecule has 0 atom stereocenters. The molecular weight excluding hydrogens is 406 g/mol. The first-order chi connectivity index (χ1) is 14.7. The Morgan fingerprint density at radius 3 is 2.50 bits per heavy atom. The highest BCUT2D eigenvalue weighted by atomic mass is 32.1. The maximum Gasteiger partial charge on any atom is 0.338 e. The summed E-state index contributed by atoms with van der Waals surface area (Å²) in [5, 5.41) is 5.83. The Kier molecular flexibility index (Phi) is 6.00.